The number of anilines is 1. The van der Waals surface area contributed by atoms with Gasteiger partial charge in [-0.1, -0.05) is 19.1 Å². The van der Waals surface area contributed by atoms with Gasteiger partial charge in [0, 0.05) is 18.7 Å². The second-order valence-corrected chi connectivity index (χ2v) is 5.36. The molecule has 0 bridgehead atoms. The Bertz CT molecular complexity index is 395. The number of rotatable bonds is 6. The van der Waals surface area contributed by atoms with E-state index in [4.69, 9.17) is 5.73 Å². The summed E-state index contributed by atoms with van der Waals surface area (Å²) in [7, 11) is 0. The molecule has 0 saturated heterocycles. The smallest absolute Gasteiger partial charge is 0.220 e. The highest BCUT2D eigenvalue weighted by molar-refractivity contribution is 5.76. The predicted molar refractivity (Wildman–Crippen MR) is 74.1 cm³/mol. The maximum Gasteiger partial charge on any atom is 0.220 e. The van der Waals surface area contributed by atoms with Crippen molar-refractivity contribution in [1.82, 2.24) is 5.32 Å². The van der Waals surface area contributed by atoms with Crippen LogP contribution >= 0.6 is 0 Å². The van der Waals surface area contributed by atoms with Crippen LogP contribution in [0.4, 0.5) is 5.69 Å². The normalized spacial score (nSPS) is 16.3. The molecule has 1 saturated carbocycles. The molecule has 0 aliphatic heterocycles. The quantitative estimate of drug-likeness (QED) is 0.757. The molecule has 0 heterocycles. The first-order valence-electron chi connectivity index (χ1n) is 6.76. The van der Waals surface area contributed by atoms with E-state index in [9.17, 15) is 4.79 Å². The van der Waals surface area contributed by atoms with E-state index in [0.29, 0.717) is 12.3 Å². The van der Waals surface area contributed by atoms with Gasteiger partial charge in [0.2, 0.25) is 5.91 Å². The van der Waals surface area contributed by atoms with Gasteiger partial charge in [-0.05, 0) is 48.8 Å². The van der Waals surface area contributed by atoms with Crippen molar-refractivity contribution in [2.75, 3.05) is 12.3 Å². The van der Waals surface area contributed by atoms with Crippen molar-refractivity contribution in [1.29, 1.82) is 0 Å². The van der Waals surface area contributed by atoms with Gasteiger partial charge >= 0.3 is 0 Å². The van der Waals surface area contributed by atoms with Gasteiger partial charge in [-0.15, -0.1) is 0 Å². The third-order valence-corrected chi connectivity index (χ3v) is 3.67. The summed E-state index contributed by atoms with van der Waals surface area (Å²) in [4.78, 5) is 11.7. The number of amides is 1. The number of nitrogens with one attached hydrogen (secondary N) is 1. The van der Waals surface area contributed by atoms with Crippen molar-refractivity contribution in [3.8, 4) is 0 Å². The Morgan fingerprint density at radius 3 is 2.67 bits per heavy atom. The maximum atomic E-state index is 11.7. The molecule has 1 aromatic rings. The van der Waals surface area contributed by atoms with Crippen LogP contribution in [0.1, 0.15) is 31.7 Å². The third kappa shape index (κ3) is 4.06. The molecule has 3 N–H and O–H groups in total. The third-order valence-electron chi connectivity index (χ3n) is 3.67. The van der Waals surface area contributed by atoms with Crippen molar-refractivity contribution >= 4 is 11.6 Å². The Balaban J connectivity index is 1.66. The lowest BCUT2D eigenvalue weighted by molar-refractivity contribution is -0.121. The van der Waals surface area contributed by atoms with E-state index in [1.807, 2.05) is 24.3 Å². The van der Waals surface area contributed by atoms with Crippen molar-refractivity contribution in [3.05, 3.63) is 29.8 Å². The average molecular weight is 246 g/mol. The van der Waals surface area contributed by atoms with Gasteiger partial charge < -0.3 is 11.1 Å². The second-order valence-electron chi connectivity index (χ2n) is 5.36. The summed E-state index contributed by atoms with van der Waals surface area (Å²) in [6.45, 7) is 3.04. The highest BCUT2D eigenvalue weighted by Gasteiger charge is 2.27. The van der Waals surface area contributed by atoms with E-state index in [2.05, 4.69) is 12.2 Å². The van der Waals surface area contributed by atoms with Gasteiger partial charge in [0.1, 0.15) is 0 Å². The van der Waals surface area contributed by atoms with Crippen LogP contribution in [0.25, 0.3) is 0 Å². The van der Waals surface area contributed by atoms with Gasteiger partial charge in [0.05, 0.1) is 0 Å². The standard InChI is InChI=1S/C15H22N2O/c1-11(13-5-6-13)10-17-15(18)9-4-12-2-7-14(16)8-3-12/h2-3,7-8,11,13H,4-6,9-10,16H2,1H3,(H,17,18). The Labute approximate surface area is 109 Å². The molecule has 0 aromatic heterocycles. The van der Waals surface area contributed by atoms with E-state index in [1.54, 1.807) is 0 Å². The highest BCUT2D eigenvalue weighted by atomic mass is 16.1. The van der Waals surface area contributed by atoms with E-state index in [0.717, 1.165) is 30.1 Å². The fourth-order valence-corrected chi connectivity index (χ4v) is 2.14. The van der Waals surface area contributed by atoms with Crippen LogP contribution in [0.15, 0.2) is 24.3 Å². The number of nitrogens with two attached hydrogens (primary N) is 1. The zero-order valence-electron chi connectivity index (χ0n) is 11.0. The lowest BCUT2D eigenvalue weighted by Gasteiger charge is -2.11. The van der Waals surface area contributed by atoms with Crippen LogP contribution in [0, 0.1) is 11.8 Å². The fourth-order valence-electron chi connectivity index (χ4n) is 2.14. The number of hydrogen-bond donors (Lipinski definition) is 2. The van der Waals surface area contributed by atoms with E-state index < -0.39 is 0 Å². The summed E-state index contributed by atoms with van der Waals surface area (Å²) in [6.07, 6.45) is 4.01. The molecule has 1 atom stereocenters. The molecule has 2 rings (SSSR count). The number of benzene rings is 1. The van der Waals surface area contributed by atoms with Crippen LogP contribution in [0.3, 0.4) is 0 Å². The molecule has 3 heteroatoms. The average Bonchev–Trinajstić information content (AvgIpc) is 3.19. The number of nitrogen functional groups attached to an aromatic ring is 1. The summed E-state index contributed by atoms with van der Waals surface area (Å²) in [5, 5.41) is 3.02. The lowest BCUT2D eigenvalue weighted by atomic mass is 10.1. The second kappa shape index (κ2) is 5.89. The Hall–Kier alpha value is -1.51. The predicted octanol–water partition coefficient (Wildman–Crippen LogP) is 2.36. The summed E-state index contributed by atoms with van der Waals surface area (Å²) < 4.78 is 0. The van der Waals surface area contributed by atoms with Crippen molar-refractivity contribution in [3.63, 3.8) is 0 Å². The van der Waals surface area contributed by atoms with Crippen molar-refractivity contribution in [2.45, 2.75) is 32.6 Å². The number of carbonyl (C=O) groups excluding carboxylic acids is 1. The van der Waals surface area contributed by atoms with Crippen LogP contribution in [0.2, 0.25) is 0 Å². The summed E-state index contributed by atoms with van der Waals surface area (Å²) >= 11 is 0. The topological polar surface area (TPSA) is 55.1 Å². The molecule has 98 valence electrons. The molecule has 1 unspecified atom stereocenters. The molecule has 1 amide bonds. The minimum Gasteiger partial charge on any atom is -0.399 e. The Morgan fingerprint density at radius 2 is 2.06 bits per heavy atom. The fraction of sp³-hybridized carbons (Fsp3) is 0.533. The Morgan fingerprint density at radius 1 is 1.39 bits per heavy atom. The zero-order valence-corrected chi connectivity index (χ0v) is 11.0. The molecule has 1 fully saturated rings. The number of hydrogen-bond acceptors (Lipinski definition) is 2. The summed E-state index contributed by atoms with van der Waals surface area (Å²) in [5.74, 6) is 1.63. The molecule has 0 radical (unpaired) electrons. The first-order chi connectivity index (χ1) is 8.65. The van der Waals surface area contributed by atoms with Crippen LogP contribution in [-0.2, 0) is 11.2 Å². The summed E-state index contributed by atoms with van der Waals surface area (Å²) in [5.41, 5.74) is 7.55. The zero-order chi connectivity index (χ0) is 13.0. The van der Waals surface area contributed by atoms with E-state index >= 15 is 0 Å². The van der Waals surface area contributed by atoms with Crippen LogP contribution in [-0.4, -0.2) is 12.5 Å². The van der Waals surface area contributed by atoms with Gasteiger partial charge in [-0.2, -0.15) is 0 Å². The van der Waals surface area contributed by atoms with Crippen molar-refractivity contribution < 1.29 is 4.79 Å². The minimum absolute atomic E-state index is 0.152. The minimum atomic E-state index is 0.152. The molecular weight excluding hydrogens is 224 g/mol. The molecule has 1 aromatic carbocycles. The molecular formula is C15H22N2O. The Kier molecular flexibility index (Phi) is 4.24. The van der Waals surface area contributed by atoms with Gasteiger partial charge in [0.15, 0.2) is 0 Å². The van der Waals surface area contributed by atoms with Crippen LogP contribution < -0.4 is 11.1 Å². The number of carbonyl (C=O) groups is 1. The molecule has 1 aliphatic carbocycles. The van der Waals surface area contributed by atoms with Gasteiger partial charge in [-0.3, -0.25) is 4.79 Å². The van der Waals surface area contributed by atoms with Crippen LogP contribution in [0.5, 0.6) is 0 Å². The molecule has 3 nitrogen and oxygen atoms in total. The van der Waals surface area contributed by atoms with Gasteiger partial charge in [0.25, 0.3) is 0 Å². The molecule has 18 heavy (non-hydrogen) atoms. The SMILES string of the molecule is CC(CNC(=O)CCc1ccc(N)cc1)C1CC1. The molecule has 1 aliphatic rings. The van der Waals surface area contributed by atoms with E-state index in [-0.39, 0.29) is 5.91 Å². The van der Waals surface area contributed by atoms with E-state index in [1.165, 1.54) is 12.8 Å². The number of aryl methyl sites for hydroxylation is 1. The summed E-state index contributed by atoms with van der Waals surface area (Å²) in [6, 6.07) is 7.72. The maximum absolute atomic E-state index is 11.7. The monoisotopic (exact) mass is 246 g/mol. The lowest BCUT2D eigenvalue weighted by Crippen LogP contribution is -2.29. The van der Waals surface area contributed by atoms with Crippen molar-refractivity contribution in [2.24, 2.45) is 11.8 Å². The first-order valence-corrected chi connectivity index (χ1v) is 6.76. The molecule has 0 spiro atoms. The highest BCUT2D eigenvalue weighted by Crippen LogP contribution is 2.36. The largest absolute Gasteiger partial charge is 0.399 e. The first kappa shape index (κ1) is 12.9. The van der Waals surface area contributed by atoms with Gasteiger partial charge in [-0.25, -0.2) is 0 Å².